The van der Waals surface area contributed by atoms with Crippen molar-refractivity contribution >= 4 is 11.6 Å². The van der Waals surface area contributed by atoms with Gasteiger partial charge in [0.25, 0.3) is 5.91 Å². The molecule has 0 bridgehead atoms. The largest absolute Gasteiger partial charge is 0.481 e. The van der Waals surface area contributed by atoms with E-state index in [1.165, 1.54) is 6.33 Å². The van der Waals surface area contributed by atoms with E-state index in [2.05, 4.69) is 25.1 Å². The third-order valence-corrected chi connectivity index (χ3v) is 4.69. The zero-order chi connectivity index (χ0) is 18.6. The molecule has 2 aromatic heterocycles. The molecule has 1 amide bonds. The number of piperazine rings is 1. The first-order valence-electron chi connectivity index (χ1n) is 8.75. The fourth-order valence-electron chi connectivity index (χ4n) is 3.23. The first-order valence-corrected chi connectivity index (χ1v) is 8.75. The number of methoxy groups -OCH3 is 1. The first kappa shape index (κ1) is 17.0. The van der Waals surface area contributed by atoms with E-state index in [1.54, 1.807) is 13.3 Å². The third kappa shape index (κ3) is 3.46. The Hall–Kier alpha value is -3.42. The van der Waals surface area contributed by atoms with Gasteiger partial charge in [-0.25, -0.2) is 9.97 Å². The molecule has 8 heteroatoms. The van der Waals surface area contributed by atoms with Crippen LogP contribution in [-0.4, -0.2) is 64.3 Å². The summed E-state index contributed by atoms with van der Waals surface area (Å²) in [5.74, 6) is 1.20. The minimum Gasteiger partial charge on any atom is -0.481 e. The summed E-state index contributed by atoms with van der Waals surface area (Å²) >= 11 is 0. The van der Waals surface area contributed by atoms with Crippen LogP contribution in [-0.2, 0) is 0 Å². The van der Waals surface area contributed by atoms with Crippen molar-refractivity contribution in [1.29, 1.82) is 0 Å². The van der Waals surface area contributed by atoms with Gasteiger partial charge in [0.05, 0.1) is 24.6 Å². The highest BCUT2D eigenvalue weighted by Gasteiger charge is 2.24. The molecule has 8 nitrogen and oxygen atoms in total. The second-order valence-electron chi connectivity index (χ2n) is 6.22. The van der Waals surface area contributed by atoms with Gasteiger partial charge in [0.1, 0.15) is 6.33 Å². The number of ether oxygens (including phenoxy) is 1. The van der Waals surface area contributed by atoms with Crippen LogP contribution >= 0.6 is 0 Å². The summed E-state index contributed by atoms with van der Waals surface area (Å²) in [5.41, 5.74) is 2.43. The summed E-state index contributed by atoms with van der Waals surface area (Å²) in [7, 11) is 1.60. The average Bonchev–Trinajstić information content (AvgIpc) is 3.28. The second kappa shape index (κ2) is 7.45. The summed E-state index contributed by atoms with van der Waals surface area (Å²) < 4.78 is 5.10. The lowest BCUT2D eigenvalue weighted by atomic mass is 10.1. The van der Waals surface area contributed by atoms with E-state index < -0.39 is 0 Å². The number of rotatable bonds is 4. The molecule has 27 heavy (non-hydrogen) atoms. The molecule has 1 fully saturated rings. The number of nitrogens with zero attached hydrogens (tertiary/aromatic N) is 5. The Kier molecular flexibility index (Phi) is 4.69. The van der Waals surface area contributed by atoms with Gasteiger partial charge >= 0.3 is 0 Å². The van der Waals surface area contributed by atoms with Gasteiger partial charge in [0, 0.05) is 37.8 Å². The molecule has 3 aromatic rings. The lowest BCUT2D eigenvalue weighted by Crippen LogP contribution is -2.48. The van der Waals surface area contributed by atoms with Crippen LogP contribution in [0.15, 0.2) is 48.9 Å². The van der Waals surface area contributed by atoms with Crippen LogP contribution in [0.4, 0.5) is 5.69 Å². The van der Waals surface area contributed by atoms with Crippen molar-refractivity contribution in [2.75, 3.05) is 38.2 Å². The van der Waals surface area contributed by atoms with Gasteiger partial charge in [0.2, 0.25) is 5.88 Å². The Labute approximate surface area is 156 Å². The number of hydrogen-bond donors (Lipinski definition) is 1. The number of amides is 1. The van der Waals surface area contributed by atoms with Gasteiger partial charge in [-0.1, -0.05) is 18.2 Å². The number of nitrogens with one attached hydrogen (secondary N) is 1. The number of hydrogen-bond acceptors (Lipinski definition) is 6. The molecule has 0 spiro atoms. The number of pyridine rings is 1. The predicted molar refractivity (Wildman–Crippen MR) is 101 cm³/mol. The summed E-state index contributed by atoms with van der Waals surface area (Å²) in [6, 6.07) is 11.3. The van der Waals surface area contributed by atoms with Crippen LogP contribution < -0.4 is 9.64 Å². The minimum atomic E-state index is 0.00880. The topological polar surface area (TPSA) is 87.2 Å². The molecular weight excluding hydrogens is 344 g/mol. The maximum absolute atomic E-state index is 13.1. The van der Waals surface area contributed by atoms with Crippen molar-refractivity contribution in [3.63, 3.8) is 0 Å². The maximum Gasteiger partial charge on any atom is 0.254 e. The predicted octanol–water partition coefficient (Wildman–Crippen LogP) is 1.84. The lowest BCUT2D eigenvalue weighted by Gasteiger charge is -2.36. The van der Waals surface area contributed by atoms with Gasteiger partial charge in [-0.2, -0.15) is 5.10 Å². The van der Waals surface area contributed by atoms with Crippen molar-refractivity contribution in [3.8, 4) is 17.3 Å². The van der Waals surface area contributed by atoms with Crippen LogP contribution in [0, 0.1) is 0 Å². The molecule has 4 rings (SSSR count). The molecule has 1 N–H and O–H groups in total. The Balaban J connectivity index is 1.46. The quantitative estimate of drug-likeness (QED) is 0.760. The molecule has 0 radical (unpaired) electrons. The highest BCUT2D eigenvalue weighted by molar-refractivity contribution is 6.00. The van der Waals surface area contributed by atoms with E-state index in [9.17, 15) is 4.79 Å². The number of carbonyl (C=O) groups excluding carboxylic acids is 1. The Morgan fingerprint density at radius 3 is 2.56 bits per heavy atom. The van der Waals surface area contributed by atoms with Crippen molar-refractivity contribution < 1.29 is 9.53 Å². The Morgan fingerprint density at radius 2 is 1.89 bits per heavy atom. The minimum absolute atomic E-state index is 0.00880. The summed E-state index contributed by atoms with van der Waals surface area (Å²) in [6.07, 6.45) is 3.24. The second-order valence-corrected chi connectivity index (χ2v) is 6.22. The summed E-state index contributed by atoms with van der Waals surface area (Å²) in [5, 5.41) is 6.72. The van der Waals surface area contributed by atoms with Crippen LogP contribution in [0.5, 0.6) is 5.88 Å². The molecule has 1 aliphatic heterocycles. The normalized spacial score (nSPS) is 14.3. The molecule has 1 aliphatic rings. The fraction of sp³-hybridized carbons (Fsp3) is 0.263. The molecule has 0 atom stereocenters. The van der Waals surface area contributed by atoms with E-state index in [0.29, 0.717) is 30.4 Å². The third-order valence-electron chi connectivity index (χ3n) is 4.69. The molecular formula is C19H20N6O2. The fourth-order valence-corrected chi connectivity index (χ4v) is 3.23. The molecule has 3 heterocycles. The van der Waals surface area contributed by atoms with E-state index in [4.69, 9.17) is 4.74 Å². The van der Waals surface area contributed by atoms with Gasteiger partial charge in [-0.05, 0) is 12.1 Å². The van der Waals surface area contributed by atoms with Gasteiger partial charge in [-0.3, -0.25) is 9.89 Å². The molecule has 0 aliphatic carbocycles. The Bertz CT molecular complexity index is 902. The standard InChI is InChI=1S/C19H20N6O2/c1-27-17-7-6-14(12-20-17)24-8-10-25(11-9-24)19(26)16-5-3-2-4-15(16)18-21-13-22-23-18/h2-7,12-13H,8-11H2,1H3,(H,21,22,23). The Morgan fingerprint density at radius 1 is 1.07 bits per heavy atom. The number of aromatic amines is 1. The van der Waals surface area contributed by atoms with E-state index in [-0.39, 0.29) is 5.91 Å². The maximum atomic E-state index is 13.1. The number of H-pyrrole nitrogens is 1. The van der Waals surface area contributed by atoms with Crippen LogP contribution in [0.3, 0.4) is 0 Å². The monoisotopic (exact) mass is 364 g/mol. The van der Waals surface area contributed by atoms with Gasteiger partial charge < -0.3 is 14.5 Å². The van der Waals surface area contributed by atoms with E-state index >= 15 is 0 Å². The summed E-state index contributed by atoms with van der Waals surface area (Å²) in [6.45, 7) is 2.81. The highest BCUT2D eigenvalue weighted by Crippen LogP contribution is 2.23. The van der Waals surface area contributed by atoms with Crippen LogP contribution in [0.25, 0.3) is 11.4 Å². The van der Waals surface area contributed by atoms with E-state index in [0.717, 1.165) is 24.3 Å². The zero-order valence-electron chi connectivity index (χ0n) is 15.0. The smallest absolute Gasteiger partial charge is 0.254 e. The SMILES string of the molecule is COc1ccc(N2CCN(C(=O)c3ccccc3-c3ncn[nH]3)CC2)cn1. The molecule has 138 valence electrons. The lowest BCUT2D eigenvalue weighted by molar-refractivity contribution is 0.0747. The van der Waals surface area contributed by atoms with Crippen LogP contribution in [0.2, 0.25) is 0 Å². The molecule has 0 saturated carbocycles. The highest BCUT2D eigenvalue weighted by atomic mass is 16.5. The van der Waals surface area contributed by atoms with Gasteiger partial charge in [0.15, 0.2) is 5.82 Å². The summed E-state index contributed by atoms with van der Waals surface area (Å²) in [4.78, 5) is 25.6. The van der Waals surface area contributed by atoms with Crippen LogP contribution in [0.1, 0.15) is 10.4 Å². The zero-order valence-corrected chi connectivity index (χ0v) is 15.0. The van der Waals surface area contributed by atoms with Gasteiger partial charge in [-0.15, -0.1) is 0 Å². The number of aromatic nitrogens is 4. The first-order chi connectivity index (χ1) is 13.3. The number of carbonyl (C=O) groups is 1. The number of benzene rings is 1. The van der Waals surface area contributed by atoms with Crippen molar-refractivity contribution in [2.45, 2.75) is 0 Å². The van der Waals surface area contributed by atoms with Crippen molar-refractivity contribution in [1.82, 2.24) is 25.1 Å². The van der Waals surface area contributed by atoms with Crippen molar-refractivity contribution in [2.24, 2.45) is 0 Å². The molecule has 1 saturated heterocycles. The average molecular weight is 364 g/mol. The van der Waals surface area contributed by atoms with Crippen molar-refractivity contribution in [3.05, 3.63) is 54.5 Å². The molecule has 1 aromatic carbocycles. The molecule has 0 unspecified atom stereocenters. The van der Waals surface area contributed by atoms with E-state index in [1.807, 2.05) is 41.3 Å². The number of anilines is 1.